The highest BCUT2D eigenvalue weighted by Gasteiger charge is 2.45. The van der Waals surface area contributed by atoms with Crippen molar-refractivity contribution < 1.29 is 15.0 Å². The van der Waals surface area contributed by atoms with E-state index in [-0.39, 0.29) is 17.4 Å². The molecule has 0 aromatic rings. The molecule has 1 heterocycles. The fourth-order valence-electron chi connectivity index (χ4n) is 2.89. The molecule has 1 saturated heterocycles. The van der Waals surface area contributed by atoms with Crippen molar-refractivity contribution in [1.29, 1.82) is 0 Å². The van der Waals surface area contributed by atoms with Gasteiger partial charge in [0.05, 0.1) is 12.1 Å². The summed E-state index contributed by atoms with van der Waals surface area (Å²) in [5.74, 6) is 0.101. The second-order valence-electron chi connectivity index (χ2n) is 6.70. The number of nitrogens with zero attached hydrogens (tertiary/aromatic N) is 1. The molecule has 0 unspecified atom stereocenters. The standard InChI is InChI=1S/C13H24N2O3/c1-13(2,3)9-6-15(8-4-5-8)7-10(11(9)16)14-12(17)18/h8-11,14,16H,4-7H2,1-3H3,(H,17,18)/t9-,10+,11+/m0/s1. The number of likely N-dealkylation sites (tertiary alicyclic amines) is 1. The van der Waals surface area contributed by atoms with E-state index < -0.39 is 12.2 Å². The minimum absolute atomic E-state index is 0.0224. The van der Waals surface area contributed by atoms with Crippen molar-refractivity contribution in [1.82, 2.24) is 10.2 Å². The smallest absolute Gasteiger partial charge is 0.405 e. The molecule has 0 spiro atoms. The van der Waals surface area contributed by atoms with Crippen LogP contribution in [0.2, 0.25) is 0 Å². The van der Waals surface area contributed by atoms with Crippen LogP contribution in [0.25, 0.3) is 0 Å². The molecule has 3 N–H and O–H groups in total. The summed E-state index contributed by atoms with van der Waals surface area (Å²) in [5.41, 5.74) is -0.0224. The van der Waals surface area contributed by atoms with Crippen LogP contribution < -0.4 is 5.32 Å². The first-order valence-corrected chi connectivity index (χ1v) is 6.70. The van der Waals surface area contributed by atoms with Crippen molar-refractivity contribution in [2.45, 2.75) is 51.8 Å². The lowest BCUT2D eigenvalue weighted by Gasteiger charge is -2.46. The molecular formula is C13H24N2O3. The minimum atomic E-state index is -1.05. The Morgan fingerprint density at radius 3 is 2.33 bits per heavy atom. The summed E-state index contributed by atoms with van der Waals surface area (Å²) < 4.78 is 0. The van der Waals surface area contributed by atoms with Crippen LogP contribution in [0.15, 0.2) is 0 Å². The van der Waals surface area contributed by atoms with Crippen molar-refractivity contribution in [3.05, 3.63) is 0 Å². The average molecular weight is 256 g/mol. The zero-order valence-electron chi connectivity index (χ0n) is 11.4. The van der Waals surface area contributed by atoms with Gasteiger partial charge in [-0.3, -0.25) is 4.90 Å². The Kier molecular flexibility index (Phi) is 3.56. The number of aliphatic hydroxyl groups excluding tert-OH is 1. The van der Waals surface area contributed by atoms with Crippen LogP contribution in [0.5, 0.6) is 0 Å². The lowest BCUT2D eigenvalue weighted by atomic mass is 9.73. The summed E-state index contributed by atoms with van der Waals surface area (Å²) in [4.78, 5) is 13.2. The molecule has 0 bridgehead atoms. The number of rotatable bonds is 2. The maximum Gasteiger partial charge on any atom is 0.405 e. The lowest BCUT2D eigenvalue weighted by molar-refractivity contribution is -0.0469. The number of hydrogen-bond acceptors (Lipinski definition) is 3. The maximum absolute atomic E-state index is 10.8. The van der Waals surface area contributed by atoms with Crippen LogP contribution in [0, 0.1) is 11.3 Å². The Morgan fingerprint density at radius 1 is 1.28 bits per heavy atom. The van der Waals surface area contributed by atoms with Gasteiger partial charge in [0, 0.05) is 25.0 Å². The number of piperidine rings is 1. The molecule has 18 heavy (non-hydrogen) atoms. The first kappa shape index (κ1) is 13.6. The van der Waals surface area contributed by atoms with Gasteiger partial charge in [0.1, 0.15) is 0 Å². The van der Waals surface area contributed by atoms with Gasteiger partial charge in [0.2, 0.25) is 0 Å². The summed E-state index contributed by atoms with van der Waals surface area (Å²) in [6, 6.07) is 0.224. The first-order chi connectivity index (χ1) is 8.29. The van der Waals surface area contributed by atoms with E-state index in [1.807, 2.05) is 0 Å². The van der Waals surface area contributed by atoms with Gasteiger partial charge in [-0.25, -0.2) is 4.79 Å². The van der Waals surface area contributed by atoms with Crippen molar-refractivity contribution in [2.75, 3.05) is 13.1 Å². The third kappa shape index (κ3) is 2.95. The molecule has 2 fully saturated rings. The topological polar surface area (TPSA) is 72.8 Å². The van der Waals surface area contributed by atoms with Crippen molar-refractivity contribution in [3.63, 3.8) is 0 Å². The molecule has 0 aromatic heterocycles. The third-order valence-electron chi connectivity index (χ3n) is 4.17. The van der Waals surface area contributed by atoms with Gasteiger partial charge in [-0.2, -0.15) is 0 Å². The summed E-state index contributed by atoms with van der Waals surface area (Å²) in [6.07, 6.45) is 0.750. The Labute approximate surface area is 108 Å². The quantitative estimate of drug-likeness (QED) is 0.692. The van der Waals surface area contributed by atoms with Crippen LogP contribution in [0.4, 0.5) is 4.79 Å². The van der Waals surface area contributed by atoms with E-state index >= 15 is 0 Å². The van der Waals surface area contributed by atoms with E-state index in [2.05, 4.69) is 31.0 Å². The van der Waals surface area contributed by atoms with E-state index in [0.717, 1.165) is 6.54 Å². The molecule has 0 aromatic carbocycles. The molecule has 2 rings (SSSR count). The van der Waals surface area contributed by atoms with Crippen molar-refractivity contribution in [3.8, 4) is 0 Å². The Hall–Kier alpha value is -0.810. The molecular weight excluding hydrogens is 232 g/mol. The van der Waals surface area contributed by atoms with Gasteiger partial charge in [0.25, 0.3) is 0 Å². The van der Waals surface area contributed by atoms with Crippen molar-refractivity contribution >= 4 is 6.09 Å². The van der Waals surface area contributed by atoms with Gasteiger partial charge >= 0.3 is 6.09 Å². The SMILES string of the molecule is CC(C)(C)[C@H]1CN(C2CC2)C[C@@H](NC(=O)O)[C@@H]1O. The van der Waals surface area contributed by atoms with Gasteiger partial charge < -0.3 is 15.5 Å². The number of carbonyl (C=O) groups is 1. The second kappa shape index (κ2) is 4.70. The van der Waals surface area contributed by atoms with Gasteiger partial charge in [-0.15, -0.1) is 0 Å². The van der Waals surface area contributed by atoms with E-state index in [1.165, 1.54) is 12.8 Å². The molecule has 0 radical (unpaired) electrons. The molecule has 1 aliphatic heterocycles. The van der Waals surface area contributed by atoms with Crippen LogP contribution >= 0.6 is 0 Å². The highest BCUT2D eigenvalue weighted by Crippen LogP contribution is 2.38. The van der Waals surface area contributed by atoms with E-state index in [0.29, 0.717) is 12.6 Å². The summed E-state index contributed by atoms with van der Waals surface area (Å²) in [6.45, 7) is 7.82. The lowest BCUT2D eigenvalue weighted by Crippen LogP contribution is -2.61. The Balaban J connectivity index is 2.11. The number of amides is 1. The highest BCUT2D eigenvalue weighted by atomic mass is 16.4. The minimum Gasteiger partial charge on any atom is -0.465 e. The zero-order valence-corrected chi connectivity index (χ0v) is 11.4. The van der Waals surface area contributed by atoms with Gasteiger partial charge in [-0.1, -0.05) is 20.8 Å². The number of aliphatic hydroxyl groups is 1. The predicted molar refractivity (Wildman–Crippen MR) is 68.5 cm³/mol. The summed E-state index contributed by atoms with van der Waals surface area (Å²) in [7, 11) is 0. The normalized spacial score (nSPS) is 34.3. The largest absolute Gasteiger partial charge is 0.465 e. The average Bonchev–Trinajstić information content (AvgIpc) is 3.01. The van der Waals surface area contributed by atoms with E-state index in [9.17, 15) is 9.90 Å². The molecule has 5 nitrogen and oxygen atoms in total. The molecule has 5 heteroatoms. The molecule has 2 aliphatic rings. The van der Waals surface area contributed by atoms with Crippen LogP contribution in [-0.4, -0.2) is 52.5 Å². The number of nitrogens with one attached hydrogen (secondary N) is 1. The molecule has 104 valence electrons. The second-order valence-corrected chi connectivity index (χ2v) is 6.70. The van der Waals surface area contributed by atoms with E-state index in [4.69, 9.17) is 5.11 Å². The fraction of sp³-hybridized carbons (Fsp3) is 0.923. The first-order valence-electron chi connectivity index (χ1n) is 6.70. The van der Waals surface area contributed by atoms with E-state index in [1.54, 1.807) is 0 Å². The molecule has 3 atom stereocenters. The van der Waals surface area contributed by atoms with Gasteiger partial charge in [-0.05, 0) is 18.3 Å². The molecule has 1 aliphatic carbocycles. The number of hydrogen-bond donors (Lipinski definition) is 3. The monoisotopic (exact) mass is 256 g/mol. The Morgan fingerprint density at radius 2 is 1.89 bits per heavy atom. The van der Waals surface area contributed by atoms with Gasteiger partial charge in [0.15, 0.2) is 0 Å². The molecule has 1 amide bonds. The third-order valence-corrected chi connectivity index (χ3v) is 4.17. The van der Waals surface area contributed by atoms with Crippen molar-refractivity contribution in [2.24, 2.45) is 11.3 Å². The number of carboxylic acid groups (broad SMARTS) is 1. The maximum atomic E-state index is 10.8. The highest BCUT2D eigenvalue weighted by molar-refractivity contribution is 5.65. The van der Waals surface area contributed by atoms with Crippen LogP contribution in [-0.2, 0) is 0 Å². The summed E-state index contributed by atoms with van der Waals surface area (Å²) >= 11 is 0. The molecule has 1 saturated carbocycles. The Bertz CT molecular complexity index is 323. The fourth-order valence-corrected chi connectivity index (χ4v) is 2.89. The van der Waals surface area contributed by atoms with Crippen LogP contribution in [0.1, 0.15) is 33.6 Å². The summed E-state index contributed by atoms with van der Waals surface area (Å²) in [5, 5.41) is 21.7. The zero-order chi connectivity index (χ0) is 13.5. The van der Waals surface area contributed by atoms with Crippen LogP contribution in [0.3, 0.4) is 0 Å². The predicted octanol–water partition coefficient (Wildman–Crippen LogP) is 1.12.